The summed E-state index contributed by atoms with van der Waals surface area (Å²) in [6.45, 7) is 8.65. The summed E-state index contributed by atoms with van der Waals surface area (Å²) < 4.78 is 6.95. The van der Waals surface area contributed by atoms with Crippen LogP contribution in [0.25, 0.3) is 10.2 Å². The van der Waals surface area contributed by atoms with Gasteiger partial charge in [-0.05, 0) is 36.8 Å². The highest BCUT2D eigenvalue weighted by molar-refractivity contribution is 7.18. The van der Waals surface area contributed by atoms with Gasteiger partial charge in [0.25, 0.3) is 0 Å². The fourth-order valence-corrected chi connectivity index (χ4v) is 4.41. The Hall–Kier alpha value is -1.70. The Morgan fingerprint density at radius 1 is 1.21 bits per heavy atom. The van der Waals surface area contributed by atoms with E-state index in [1.54, 1.807) is 11.3 Å². The lowest BCUT2D eigenvalue weighted by atomic mass is 10.2. The van der Waals surface area contributed by atoms with Gasteiger partial charge in [-0.3, -0.25) is 9.80 Å². The number of thiazole rings is 1. The van der Waals surface area contributed by atoms with Crippen LogP contribution in [-0.4, -0.2) is 58.8 Å². The van der Waals surface area contributed by atoms with Crippen LogP contribution < -0.4 is 4.74 Å². The Balaban J connectivity index is 1.20. The van der Waals surface area contributed by atoms with E-state index in [4.69, 9.17) is 16.3 Å². The van der Waals surface area contributed by atoms with Crippen LogP contribution in [0.15, 0.2) is 42.5 Å². The molecule has 153 valence electrons. The molecule has 1 radical (unpaired) electrons. The van der Waals surface area contributed by atoms with Crippen molar-refractivity contribution in [2.24, 2.45) is 0 Å². The van der Waals surface area contributed by atoms with Crippen LogP contribution in [0.5, 0.6) is 5.75 Å². The quantitative estimate of drug-likeness (QED) is 0.614. The lowest BCUT2D eigenvalue weighted by Gasteiger charge is -2.35. The topological polar surface area (TPSA) is 48.8 Å². The zero-order chi connectivity index (χ0) is 20.2. The molecule has 0 spiro atoms. The molecule has 1 saturated heterocycles. The number of β-amino-alcohol motifs (C(OH)–C–C–N with tert-alkyl or cyclic N) is 1. The predicted molar refractivity (Wildman–Crippen MR) is 118 cm³/mol. The predicted octanol–water partition coefficient (Wildman–Crippen LogP) is 3.98. The Morgan fingerprint density at radius 3 is 2.79 bits per heavy atom. The molecule has 7 heteroatoms. The van der Waals surface area contributed by atoms with E-state index in [1.165, 1.54) is 5.56 Å². The molecule has 1 aliphatic rings. The Morgan fingerprint density at radius 2 is 2.03 bits per heavy atom. The highest BCUT2D eigenvalue weighted by Crippen LogP contribution is 2.25. The molecule has 1 fully saturated rings. The average Bonchev–Trinajstić information content (AvgIpc) is 3.09. The maximum atomic E-state index is 10.4. The second kappa shape index (κ2) is 9.41. The largest absolute Gasteiger partial charge is 0.491 e. The first-order valence-corrected chi connectivity index (χ1v) is 11.0. The molecule has 1 aromatic heterocycles. The maximum absolute atomic E-state index is 10.4. The summed E-state index contributed by atoms with van der Waals surface area (Å²) in [6, 6.07) is 13.9. The van der Waals surface area contributed by atoms with E-state index in [0.29, 0.717) is 6.54 Å². The lowest BCUT2D eigenvalue weighted by Crippen LogP contribution is -2.46. The van der Waals surface area contributed by atoms with Gasteiger partial charge in [0.2, 0.25) is 0 Å². The van der Waals surface area contributed by atoms with Crippen LogP contribution >= 0.6 is 22.9 Å². The monoisotopic (exact) mass is 430 g/mol. The van der Waals surface area contributed by atoms with E-state index in [0.717, 1.165) is 52.2 Å². The van der Waals surface area contributed by atoms with Crippen molar-refractivity contribution >= 4 is 33.2 Å². The molecule has 1 aliphatic heterocycles. The van der Waals surface area contributed by atoms with Crippen LogP contribution in [0.3, 0.4) is 0 Å². The summed E-state index contributed by atoms with van der Waals surface area (Å²) in [5, 5.41) is 12.2. The molecule has 0 saturated carbocycles. The van der Waals surface area contributed by atoms with Crippen molar-refractivity contribution < 1.29 is 9.84 Å². The molecule has 29 heavy (non-hydrogen) atoms. The fourth-order valence-electron chi connectivity index (χ4n) is 3.47. The zero-order valence-corrected chi connectivity index (χ0v) is 18.0. The zero-order valence-electron chi connectivity index (χ0n) is 16.4. The molecule has 0 bridgehead atoms. The van der Waals surface area contributed by atoms with Crippen LogP contribution in [-0.2, 0) is 6.54 Å². The first-order valence-electron chi connectivity index (χ1n) is 9.77. The van der Waals surface area contributed by atoms with Gasteiger partial charge in [-0.2, -0.15) is 0 Å². The first kappa shape index (κ1) is 20.6. The second-order valence-electron chi connectivity index (χ2n) is 7.37. The van der Waals surface area contributed by atoms with Gasteiger partial charge in [-0.25, -0.2) is 4.98 Å². The van der Waals surface area contributed by atoms with Gasteiger partial charge in [-0.15, -0.1) is 11.3 Å². The number of aliphatic hydroxyl groups excluding tert-OH is 1. The van der Waals surface area contributed by atoms with Crippen molar-refractivity contribution in [2.45, 2.75) is 19.6 Å². The summed E-state index contributed by atoms with van der Waals surface area (Å²) in [6.07, 6.45) is -0.529. The van der Waals surface area contributed by atoms with Gasteiger partial charge in [0.15, 0.2) is 0 Å². The van der Waals surface area contributed by atoms with Crippen LogP contribution in [0.1, 0.15) is 10.6 Å². The summed E-state index contributed by atoms with van der Waals surface area (Å²) >= 11 is 7.62. The molecule has 3 aromatic rings. The number of nitrogens with zero attached hydrogens (tertiary/aromatic N) is 3. The van der Waals surface area contributed by atoms with E-state index in [9.17, 15) is 5.11 Å². The molecule has 2 aromatic carbocycles. The Bertz CT molecular complexity index is 939. The molecule has 1 unspecified atom stereocenters. The number of benzene rings is 2. The van der Waals surface area contributed by atoms with Crippen molar-refractivity contribution in [3.8, 4) is 5.75 Å². The van der Waals surface area contributed by atoms with E-state index in [1.807, 2.05) is 37.3 Å². The van der Waals surface area contributed by atoms with Crippen molar-refractivity contribution in [1.29, 1.82) is 0 Å². The van der Waals surface area contributed by atoms with Gasteiger partial charge in [-0.1, -0.05) is 23.7 Å². The smallest absolute Gasteiger partial charge is 0.121 e. The van der Waals surface area contributed by atoms with Crippen molar-refractivity contribution in [3.05, 3.63) is 64.6 Å². The minimum atomic E-state index is -0.529. The van der Waals surface area contributed by atoms with Gasteiger partial charge in [0.05, 0.1) is 15.2 Å². The first-order chi connectivity index (χ1) is 14.0. The number of aliphatic hydroxyl groups is 1. The van der Waals surface area contributed by atoms with Crippen molar-refractivity contribution in [1.82, 2.24) is 14.8 Å². The molecule has 2 heterocycles. The minimum absolute atomic E-state index is 0.277. The minimum Gasteiger partial charge on any atom is -0.491 e. The molecule has 0 amide bonds. The SMILES string of the molecule is Cc1nc2cc(OCC(O)CN3C[CH]N(Cc4ccc(Cl)cc4)CC3)ccc2s1. The fraction of sp³-hybridized carbons (Fsp3) is 0.364. The van der Waals surface area contributed by atoms with Crippen LogP contribution in [0, 0.1) is 13.5 Å². The summed E-state index contributed by atoms with van der Waals surface area (Å²) in [7, 11) is 0. The number of hydrogen-bond donors (Lipinski definition) is 1. The standard InChI is InChI=1S/C22H25ClN3O2S/c1-16-24-21-12-20(6-7-22(21)29-16)28-15-19(27)14-26-10-8-25(9-11-26)13-17-2-4-18(23)5-3-17/h2-8,12,19,27H,9-11,13-15H2,1H3. The highest BCUT2D eigenvalue weighted by atomic mass is 35.5. The Labute approximate surface area is 180 Å². The maximum Gasteiger partial charge on any atom is 0.121 e. The third-order valence-corrected chi connectivity index (χ3v) is 6.18. The van der Waals surface area contributed by atoms with E-state index in [-0.39, 0.29) is 6.61 Å². The molecular weight excluding hydrogens is 406 g/mol. The molecule has 1 atom stereocenters. The molecular formula is C22H25ClN3O2S. The van der Waals surface area contributed by atoms with Gasteiger partial charge in [0, 0.05) is 50.4 Å². The van der Waals surface area contributed by atoms with E-state index in [2.05, 4.69) is 33.5 Å². The number of fused-ring (bicyclic) bond motifs is 1. The van der Waals surface area contributed by atoms with Crippen LogP contribution in [0.4, 0.5) is 0 Å². The van der Waals surface area contributed by atoms with E-state index >= 15 is 0 Å². The van der Waals surface area contributed by atoms with E-state index < -0.39 is 6.10 Å². The summed E-state index contributed by atoms with van der Waals surface area (Å²) in [4.78, 5) is 9.05. The van der Waals surface area contributed by atoms with Crippen molar-refractivity contribution in [3.63, 3.8) is 0 Å². The number of halogens is 1. The van der Waals surface area contributed by atoms with Crippen molar-refractivity contribution in [2.75, 3.05) is 32.8 Å². The second-order valence-corrected chi connectivity index (χ2v) is 9.04. The molecule has 5 nitrogen and oxygen atoms in total. The van der Waals surface area contributed by atoms with Gasteiger partial charge < -0.3 is 9.84 Å². The van der Waals surface area contributed by atoms with Crippen LogP contribution in [0.2, 0.25) is 5.02 Å². The molecule has 4 rings (SSSR count). The van der Waals surface area contributed by atoms with Gasteiger partial charge in [0.1, 0.15) is 18.5 Å². The highest BCUT2D eigenvalue weighted by Gasteiger charge is 2.20. The number of ether oxygens (including phenoxy) is 1. The third-order valence-electron chi connectivity index (χ3n) is 4.98. The van der Waals surface area contributed by atoms with Gasteiger partial charge >= 0.3 is 0 Å². The third kappa shape index (κ3) is 5.68. The number of piperazine rings is 1. The Kier molecular flexibility index (Phi) is 6.67. The number of hydrogen-bond acceptors (Lipinski definition) is 6. The normalized spacial score (nSPS) is 16.9. The summed E-state index contributed by atoms with van der Waals surface area (Å²) in [5.41, 5.74) is 2.20. The number of rotatable bonds is 7. The lowest BCUT2D eigenvalue weighted by molar-refractivity contribution is 0.0549. The average molecular weight is 431 g/mol. The summed E-state index contributed by atoms with van der Waals surface area (Å²) in [5.74, 6) is 0.751. The molecule has 1 N–H and O–H groups in total. The number of aromatic nitrogens is 1. The molecule has 0 aliphatic carbocycles. The number of aryl methyl sites for hydroxylation is 1.